The van der Waals surface area contributed by atoms with Crippen molar-refractivity contribution in [3.63, 3.8) is 0 Å². The van der Waals surface area contributed by atoms with Crippen LogP contribution in [0.1, 0.15) is 15.9 Å². The number of nitrogens with zero attached hydrogens (tertiary/aromatic N) is 3. The number of H-pyrrole nitrogens is 1. The Balaban J connectivity index is 1.25. The summed E-state index contributed by atoms with van der Waals surface area (Å²) in [5.41, 5.74) is 2.84. The van der Waals surface area contributed by atoms with Crippen LogP contribution < -0.4 is 5.32 Å². The Hall–Kier alpha value is -3.42. The monoisotopic (exact) mass is 351 g/mol. The van der Waals surface area contributed by atoms with Crippen LogP contribution in [-0.2, 0) is 11.3 Å². The van der Waals surface area contributed by atoms with E-state index in [0.717, 1.165) is 5.56 Å². The third-order valence-electron chi connectivity index (χ3n) is 4.27. The average Bonchev–Trinajstić information content (AvgIpc) is 3.10. The van der Waals surface area contributed by atoms with Crippen LogP contribution in [0.5, 0.6) is 0 Å². The van der Waals surface area contributed by atoms with Crippen LogP contribution in [0.4, 0.5) is 4.79 Å². The number of hydrogen-bond acceptors (Lipinski definition) is 5. The van der Waals surface area contributed by atoms with Crippen molar-refractivity contribution in [1.82, 2.24) is 25.6 Å². The highest BCUT2D eigenvalue weighted by molar-refractivity contribution is 5.97. The van der Waals surface area contributed by atoms with E-state index < -0.39 is 6.09 Å². The van der Waals surface area contributed by atoms with Crippen LogP contribution in [-0.4, -0.2) is 51.4 Å². The molecule has 2 aromatic carbocycles. The normalized spacial score (nSPS) is 14.1. The van der Waals surface area contributed by atoms with E-state index in [0.29, 0.717) is 29.7 Å². The molecule has 1 aliphatic heterocycles. The molecule has 8 heteroatoms. The zero-order chi connectivity index (χ0) is 17.9. The van der Waals surface area contributed by atoms with E-state index in [2.05, 4.69) is 20.7 Å². The Morgan fingerprint density at radius 1 is 1.12 bits per heavy atom. The largest absolute Gasteiger partial charge is 0.445 e. The minimum absolute atomic E-state index is 0.0920. The number of aromatic nitrogens is 3. The molecule has 1 fully saturated rings. The van der Waals surface area contributed by atoms with Crippen LogP contribution >= 0.6 is 0 Å². The highest BCUT2D eigenvalue weighted by Gasteiger charge is 2.32. The predicted molar refractivity (Wildman–Crippen MR) is 93.3 cm³/mol. The summed E-state index contributed by atoms with van der Waals surface area (Å²) in [6.07, 6.45) is -0.477. The smallest absolute Gasteiger partial charge is 0.407 e. The van der Waals surface area contributed by atoms with E-state index in [1.165, 1.54) is 0 Å². The summed E-state index contributed by atoms with van der Waals surface area (Å²) < 4.78 is 5.18. The number of rotatable bonds is 4. The molecule has 2 amide bonds. The van der Waals surface area contributed by atoms with Gasteiger partial charge in [0.25, 0.3) is 5.91 Å². The van der Waals surface area contributed by atoms with Crippen molar-refractivity contribution in [2.24, 2.45) is 0 Å². The second-order valence-corrected chi connectivity index (χ2v) is 6.14. The first kappa shape index (κ1) is 16.1. The molecule has 0 spiro atoms. The fourth-order valence-corrected chi connectivity index (χ4v) is 2.82. The first-order valence-corrected chi connectivity index (χ1v) is 8.26. The van der Waals surface area contributed by atoms with Gasteiger partial charge in [-0.15, -0.1) is 0 Å². The lowest BCUT2D eigenvalue weighted by molar-refractivity contribution is 0.0546. The fraction of sp³-hybridized carbons (Fsp3) is 0.222. The number of nitrogens with one attached hydrogen (secondary N) is 2. The van der Waals surface area contributed by atoms with Gasteiger partial charge < -0.3 is 15.0 Å². The zero-order valence-corrected chi connectivity index (χ0v) is 13.9. The topological polar surface area (TPSA) is 100 Å². The van der Waals surface area contributed by atoms with Crippen LogP contribution in [0.25, 0.3) is 11.0 Å². The molecule has 1 saturated heterocycles. The molecule has 26 heavy (non-hydrogen) atoms. The van der Waals surface area contributed by atoms with Gasteiger partial charge in [0.1, 0.15) is 17.6 Å². The van der Waals surface area contributed by atoms with E-state index >= 15 is 0 Å². The number of carbonyl (C=O) groups is 2. The van der Waals surface area contributed by atoms with Crippen LogP contribution in [0.3, 0.4) is 0 Å². The number of alkyl carbamates (subject to hydrolysis) is 1. The van der Waals surface area contributed by atoms with E-state index in [1.54, 1.807) is 23.1 Å². The quantitative estimate of drug-likeness (QED) is 0.745. The maximum atomic E-state index is 12.5. The summed E-state index contributed by atoms with van der Waals surface area (Å²) in [6.45, 7) is 1.13. The van der Waals surface area contributed by atoms with Crippen molar-refractivity contribution < 1.29 is 14.3 Å². The Morgan fingerprint density at radius 3 is 2.69 bits per heavy atom. The van der Waals surface area contributed by atoms with Gasteiger partial charge in [0.2, 0.25) is 0 Å². The molecule has 0 atom stereocenters. The lowest BCUT2D eigenvalue weighted by Crippen LogP contribution is -2.61. The lowest BCUT2D eigenvalue weighted by atomic mass is 10.1. The summed E-state index contributed by atoms with van der Waals surface area (Å²) in [7, 11) is 0. The van der Waals surface area contributed by atoms with Crippen molar-refractivity contribution in [2.75, 3.05) is 13.1 Å². The number of hydrogen-bond donors (Lipinski definition) is 2. The van der Waals surface area contributed by atoms with E-state index in [1.807, 2.05) is 30.3 Å². The van der Waals surface area contributed by atoms with Crippen molar-refractivity contribution >= 4 is 23.0 Å². The van der Waals surface area contributed by atoms with Crippen molar-refractivity contribution in [1.29, 1.82) is 0 Å². The van der Waals surface area contributed by atoms with E-state index in [9.17, 15) is 9.59 Å². The minimum atomic E-state index is -0.477. The number of ether oxygens (including phenoxy) is 1. The Labute approximate surface area is 149 Å². The summed E-state index contributed by atoms with van der Waals surface area (Å²) >= 11 is 0. The highest BCUT2D eigenvalue weighted by Crippen LogP contribution is 2.17. The van der Waals surface area contributed by atoms with Crippen molar-refractivity contribution in [2.45, 2.75) is 12.6 Å². The predicted octanol–water partition coefficient (Wildman–Crippen LogP) is 1.71. The molecule has 1 aliphatic rings. The SMILES string of the molecule is O=C(NC1CN(C(=O)c2ccc3n[nH]nc3c2)C1)OCc1ccccc1. The molecular weight excluding hydrogens is 334 g/mol. The standard InChI is InChI=1S/C18H17N5O3/c24-17(13-6-7-15-16(8-13)21-22-20-15)23-9-14(10-23)19-18(25)26-11-12-4-2-1-3-5-12/h1-8,14H,9-11H2,(H,19,25)(H,20,21,22). The Bertz CT molecular complexity index is 934. The molecule has 2 N–H and O–H groups in total. The number of benzene rings is 2. The van der Waals surface area contributed by atoms with Gasteiger partial charge in [-0.1, -0.05) is 30.3 Å². The Morgan fingerprint density at radius 2 is 1.88 bits per heavy atom. The second kappa shape index (κ2) is 6.83. The summed E-state index contributed by atoms with van der Waals surface area (Å²) in [6, 6.07) is 14.6. The van der Waals surface area contributed by atoms with Crippen LogP contribution in [0.2, 0.25) is 0 Å². The Kier molecular flexibility index (Phi) is 4.22. The summed E-state index contributed by atoms with van der Waals surface area (Å²) in [4.78, 5) is 26.0. The minimum Gasteiger partial charge on any atom is -0.445 e. The van der Waals surface area contributed by atoms with Crippen molar-refractivity contribution in [3.05, 3.63) is 59.7 Å². The maximum absolute atomic E-state index is 12.5. The van der Waals surface area contributed by atoms with Gasteiger partial charge >= 0.3 is 6.09 Å². The third kappa shape index (κ3) is 3.34. The highest BCUT2D eigenvalue weighted by atomic mass is 16.5. The van der Waals surface area contributed by atoms with E-state index in [-0.39, 0.29) is 18.6 Å². The number of fused-ring (bicyclic) bond motifs is 1. The molecule has 3 aromatic rings. The number of aromatic amines is 1. The average molecular weight is 351 g/mol. The molecule has 0 aliphatic carbocycles. The fourth-order valence-electron chi connectivity index (χ4n) is 2.82. The van der Waals surface area contributed by atoms with E-state index in [4.69, 9.17) is 4.74 Å². The molecule has 0 radical (unpaired) electrons. The molecule has 0 bridgehead atoms. The molecular formula is C18H17N5O3. The molecule has 132 valence electrons. The first-order valence-electron chi connectivity index (χ1n) is 8.26. The molecule has 1 aromatic heterocycles. The number of amides is 2. The lowest BCUT2D eigenvalue weighted by Gasteiger charge is -2.39. The van der Waals surface area contributed by atoms with Crippen LogP contribution in [0, 0.1) is 0 Å². The van der Waals surface area contributed by atoms with Gasteiger partial charge in [0.15, 0.2) is 0 Å². The van der Waals surface area contributed by atoms with Crippen molar-refractivity contribution in [3.8, 4) is 0 Å². The summed E-state index contributed by atoms with van der Waals surface area (Å²) in [5, 5.41) is 13.2. The number of carbonyl (C=O) groups excluding carboxylic acids is 2. The number of likely N-dealkylation sites (tertiary alicyclic amines) is 1. The van der Waals surface area contributed by atoms with Crippen LogP contribution in [0.15, 0.2) is 48.5 Å². The maximum Gasteiger partial charge on any atom is 0.407 e. The first-order chi connectivity index (χ1) is 12.7. The summed E-state index contributed by atoms with van der Waals surface area (Å²) in [5.74, 6) is -0.0920. The molecule has 0 saturated carbocycles. The van der Waals surface area contributed by atoms with Gasteiger partial charge in [-0.25, -0.2) is 4.79 Å². The molecule has 8 nitrogen and oxygen atoms in total. The van der Waals surface area contributed by atoms with Gasteiger partial charge in [-0.3, -0.25) is 4.79 Å². The zero-order valence-electron chi connectivity index (χ0n) is 13.9. The molecule has 2 heterocycles. The van der Waals surface area contributed by atoms with Gasteiger partial charge in [-0.05, 0) is 23.8 Å². The van der Waals surface area contributed by atoms with Gasteiger partial charge in [-0.2, -0.15) is 15.4 Å². The molecule has 4 rings (SSSR count). The second-order valence-electron chi connectivity index (χ2n) is 6.14. The van der Waals surface area contributed by atoms with Gasteiger partial charge in [0.05, 0.1) is 6.04 Å². The third-order valence-corrected chi connectivity index (χ3v) is 4.27. The van der Waals surface area contributed by atoms with Gasteiger partial charge in [0, 0.05) is 18.7 Å². The molecule has 0 unspecified atom stereocenters.